The van der Waals surface area contributed by atoms with Crippen LogP contribution in [0.4, 0.5) is 17.1 Å². The molecule has 3 heteroatoms. The molecule has 0 saturated carbocycles. The van der Waals surface area contributed by atoms with Crippen LogP contribution in [0.25, 0.3) is 87.7 Å². The summed E-state index contributed by atoms with van der Waals surface area (Å²) >= 11 is 0. The van der Waals surface area contributed by atoms with E-state index in [0.717, 1.165) is 88.6 Å². The number of nitrogens with zero attached hydrogens (tertiary/aromatic N) is 1. The van der Waals surface area contributed by atoms with Gasteiger partial charge in [0.05, 0.1) is 5.69 Å². The minimum Gasteiger partial charge on any atom is -0.455 e. The summed E-state index contributed by atoms with van der Waals surface area (Å²) in [5.41, 5.74) is 11.3. The van der Waals surface area contributed by atoms with Gasteiger partial charge in [-0.1, -0.05) is 140 Å². The van der Waals surface area contributed by atoms with E-state index in [2.05, 4.69) is 181 Å². The molecular weight excluding hydrogens is 647 g/mol. The standard InChI is InChI=1S/C50H31NO2/c1-3-16-38-32(11-1)13-8-22-45(38)51(37-15-7-14-35(31-37)41-20-9-21-43-42-18-5-6-23-46(42)52-49(41)43)36-28-25-34(26-29-36)39-19-10-24-47-48(39)44-30-27-33-12-2-4-17-40(33)50(44)53-47/h1-31H. The van der Waals surface area contributed by atoms with E-state index >= 15 is 0 Å². The fourth-order valence-corrected chi connectivity index (χ4v) is 8.20. The molecule has 0 unspecified atom stereocenters. The highest BCUT2D eigenvalue weighted by Crippen LogP contribution is 2.44. The second kappa shape index (κ2) is 11.7. The van der Waals surface area contributed by atoms with E-state index in [9.17, 15) is 0 Å². The lowest BCUT2D eigenvalue weighted by Crippen LogP contribution is -2.10. The Bertz CT molecular complexity index is 3180. The Kier molecular flexibility index (Phi) is 6.55. The van der Waals surface area contributed by atoms with Crippen LogP contribution in [-0.2, 0) is 0 Å². The van der Waals surface area contributed by atoms with Gasteiger partial charge in [-0.2, -0.15) is 0 Å². The molecule has 2 aromatic heterocycles. The molecule has 11 aromatic rings. The third-order valence-electron chi connectivity index (χ3n) is 10.7. The summed E-state index contributed by atoms with van der Waals surface area (Å²) in [6.45, 7) is 0. The molecule has 0 saturated heterocycles. The Morgan fingerprint density at radius 2 is 0.981 bits per heavy atom. The molecule has 0 aliphatic carbocycles. The molecule has 0 aliphatic heterocycles. The summed E-state index contributed by atoms with van der Waals surface area (Å²) < 4.78 is 13.0. The molecule has 0 bridgehead atoms. The van der Waals surface area contributed by atoms with E-state index in [0.29, 0.717) is 0 Å². The molecule has 0 aliphatic rings. The average Bonchev–Trinajstić information content (AvgIpc) is 3.81. The normalized spacial score (nSPS) is 11.8. The molecule has 0 atom stereocenters. The van der Waals surface area contributed by atoms with Crippen LogP contribution in [0.5, 0.6) is 0 Å². The average molecular weight is 678 g/mol. The zero-order valence-corrected chi connectivity index (χ0v) is 28.7. The summed E-state index contributed by atoms with van der Waals surface area (Å²) in [6.07, 6.45) is 0. The summed E-state index contributed by atoms with van der Waals surface area (Å²) in [6, 6.07) is 66.7. The Labute approximate surface area is 305 Å². The first-order chi connectivity index (χ1) is 26.3. The number of anilines is 3. The van der Waals surface area contributed by atoms with Crippen molar-refractivity contribution in [3.05, 3.63) is 188 Å². The first-order valence-electron chi connectivity index (χ1n) is 18.0. The van der Waals surface area contributed by atoms with Crippen molar-refractivity contribution in [2.75, 3.05) is 4.90 Å². The Hall–Kier alpha value is -7.10. The number of hydrogen-bond acceptors (Lipinski definition) is 3. The molecule has 0 fully saturated rings. The van der Waals surface area contributed by atoms with Crippen LogP contribution in [0.2, 0.25) is 0 Å². The SMILES string of the molecule is c1cc(-c2cccc3c2oc2ccccc23)cc(N(c2ccc(-c3cccc4oc5c6ccccc6ccc5c34)cc2)c2cccc3ccccc23)c1. The van der Waals surface area contributed by atoms with Gasteiger partial charge in [0, 0.05) is 49.3 Å². The predicted octanol–water partition coefficient (Wildman–Crippen LogP) is 14.6. The number of hydrogen-bond donors (Lipinski definition) is 0. The van der Waals surface area contributed by atoms with E-state index in [1.807, 2.05) is 12.1 Å². The van der Waals surface area contributed by atoms with Crippen molar-refractivity contribution < 1.29 is 8.83 Å². The fraction of sp³-hybridized carbons (Fsp3) is 0. The van der Waals surface area contributed by atoms with Gasteiger partial charge < -0.3 is 13.7 Å². The minimum absolute atomic E-state index is 0.895. The first-order valence-corrected chi connectivity index (χ1v) is 18.0. The number of para-hydroxylation sites is 2. The van der Waals surface area contributed by atoms with E-state index < -0.39 is 0 Å². The molecule has 53 heavy (non-hydrogen) atoms. The highest BCUT2D eigenvalue weighted by molar-refractivity contribution is 6.19. The smallest absolute Gasteiger partial charge is 0.143 e. The second-order valence-corrected chi connectivity index (χ2v) is 13.7. The van der Waals surface area contributed by atoms with Crippen LogP contribution in [0.1, 0.15) is 0 Å². The predicted molar refractivity (Wildman–Crippen MR) is 222 cm³/mol. The van der Waals surface area contributed by atoms with E-state index in [1.165, 1.54) is 16.2 Å². The van der Waals surface area contributed by atoms with Crippen LogP contribution < -0.4 is 4.90 Å². The maximum atomic E-state index is 6.52. The van der Waals surface area contributed by atoms with Gasteiger partial charge in [-0.3, -0.25) is 0 Å². The number of fused-ring (bicyclic) bond motifs is 9. The molecule has 0 amide bonds. The number of rotatable bonds is 5. The van der Waals surface area contributed by atoms with Crippen molar-refractivity contribution in [1.82, 2.24) is 0 Å². The van der Waals surface area contributed by atoms with Gasteiger partial charge >= 0.3 is 0 Å². The third kappa shape index (κ3) is 4.68. The van der Waals surface area contributed by atoms with Crippen molar-refractivity contribution in [1.29, 1.82) is 0 Å². The fourth-order valence-electron chi connectivity index (χ4n) is 8.20. The van der Waals surface area contributed by atoms with E-state index in [-0.39, 0.29) is 0 Å². The molecule has 3 nitrogen and oxygen atoms in total. The van der Waals surface area contributed by atoms with Crippen LogP contribution in [0.15, 0.2) is 197 Å². The van der Waals surface area contributed by atoms with Gasteiger partial charge in [-0.05, 0) is 76.0 Å². The molecule has 0 N–H and O–H groups in total. The topological polar surface area (TPSA) is 29.5 Å². The lowest BCUT2D eigenvalue weighted by molar-refractivity contribution is 0.670. The molecule has 9 aromatic carbocycles. The van der Waals surface area contributed by atoms with Crippen molar-refractivity contribution in [2.24, 2.45) is 0 Å². The molecule has 248 valence electrons. The lowest BCUT2D eigenvalue weighted by atomic mass is 9.97. The summed E-state index contributed by atoms with van der Waals surface area (Å²) in [4.78, 5) is 2.37. The molecule has 11 rings (SSSR count). The highest BCUT2D eigenvalue weighted by Gasteiger charge is 2.19. The van der Waals surface area contributed by atoms with Crippen LogP contribution in [0, 0.1) is 0 Å². The highest BCUT2D eigenvalue weighted by atomic mass is 16.3. The van der Waals surface area contributed by atoms with Crippen molar-refractivity contribution in [2.45, 2.75) is 0 Å². The van der Waals surface area contributed by atoms with Crippen molar-refractivity contribution in [3.63, 3.8) is 0 Å². The summed E-state index contributed by atoms with van der Waals surface area (Å²) in [7, 11) is 0. The number of benzene rings is 9. The Morgan fingerprint density at radius 1 is 0.340 bits per heavy atom. The van der Waals surface area contributed by atoms with Gasteiger partial charge in [0.1, 0.15) is 22.3 Å². The Balaban J connectivity index is 1.07. The van der Waals surface area contributed by atoms with Gasteiger partial charge in [0.2, 0.25) is 0 Å². The minimum atomic E-state index is 0.895. The summed E-state index contributed by atoms with van der Waals surface area (Å²) in [5, 5.41) is 9.21. The van der Waals surface area contributed by atoms with Gasteiger partial charge in [0.25, 0.3) is 0 Å². The third-order valence-corrected chi connectivity index (χ3v) is 10.7. The molecule has 0 spiro atoms. The second-order valence-electron chi connectivity index (χ2n) is 13.7. The van der Waals surface area contributed by atoms with Gasteiger partial charge in [-0.25, -0.2) is 0 Å². The quantitative estimate of drug-likeness (QED) is 0.182. The van der Waals surface area contributed by atoms with Crippen molar-refractivity contribution >= 4 is 82.5 Å². The zero-order chi connectivity index (χ0) is 34.9. The van der Waals surface area contributed by atoms with E-state index in [4.69, 9.17) is 8.83 Å². The lowest BCUT2D eigenvalue weighted by Gasteiger charge is -2.27. The molecule has 2 heterocycles. The largest absolute Gasteiger partial charge is 0.455 e. The van der Waals surface area contributed by atoms with Gasteiger partial charge in [-0.15, -0.1) is 0 Å². The van der Waals surface area contributed by atoms with Crippen LogP contribution >= 0.6 is 0 Å². The van der Waals surface area contributed by atoms with E-state index in [1.54, 1.807) is 0 Å². The number of furan rings is 2. The maximum Gasteiger partial charge on any atom is 0.143 e. The zero-order valence-electron chi connectivity index (χ0n) is 28.7. The van der Waals surface area contributed by atoms with Crippen molar-refractivity contribution in [3.8, 4) is 22.3 Å². The first kappa shape index (κ1) is 29.6. The summed E-state index contributed by atoms with van der Waals surface area (Å²) in [5.74, 6) is 0. The maximum absolute atomic E-state index is 6.52. The Morgan fingerprint density at radius 3 is 1.87 bits per heavy atom. The molecule has 0 radical (unpaired) electrons. The monoisotopic (exact) mass is 677 g/mol. The van der Waals surface area contributed by atoms with Crippen LogP contribution in [0.3, 0.4) is 0 Å². The van der Waals surface area contributed by atoms with Gasteiger partial charge in [0.15, 0.2) is 0 Å². The van der Waals surface area contributed by atoms with Crippen LogP contribution in [-0.4, -0.2) is 0 Å². The molecular formula is C50H31NO2.